The molecule has 0 bridgehead atoms. The molecule has 134 valence electrons. The van der Waals surface area contributed by atoms with Gasteiger partial charge in [0.05, 0.1) is 14.2 Å². The van der Waals surface area contributed by atoms with Gasteiger partial charge in [-0.1, -0.05) is 12.1 Å². The lowest BCUT2D eigenvalue weighted by molar-refractivity contribution is -0.142. The van der Waals surface area contributed by atoms with Crippen molar-refractivity contribution >= 4 is 23.8 Å². The lowest BCUT2D eigenvalue weighted by Crippen LogP contribution is -2.45. The number of thioether (sulfide) groups is 1. The van der Waals surface area contributed by atoms with Crippen molar-refractivity contribution in [2.75, 3.05) is 20.0 Å². The van der Waals surface area contributed by atoms with Gasteiger partial charge in [-0.15, -0.1) is 0 Å². The van der Waals surface area contributed by atoms with Crippen LogP contribution in [0.15, 0.2) is 24.3 Å². The molecule has 0 radical (unpaired) electrons. The number of esters is 1. The zero-order chi connectivity index (χ0) is 18.2. The van der Waals surface area contributed by atoms with E-state index in [2.05, 4.69) is 5.32 Å². The summed E-state index contributed by atoms with van der Waals surface area (Å²) in [5.74, 6) is 1.39. The van der Waals surface area contributed by atoms with E-state index in [-0.39, 0.29) is 0 Å². The van der Waals surface area contributed by atoms with Crippen LogP contribution in [0.2, 0.25) is 0 Å². The molecule has 1 atom stereocenters. The van der Waals surface area contributed by atoms with E-state index in [0.29, 0.717) is 11.5 Å². The molecule has 0 saturated carbocycles. The maximum atomic E-state index is 11.8. The molecule has 6 nitrogen and oxygen atoms in total. The number of methoxy groups -OCH3 is 2. The Morgan fingerprint density at radius 2 is 1.79 bits per heavy atom. The van der Waals surface area contributed by atoms with Crippen LogP contribution in [0.5, 0.6) is 5.75 Å². The van der Waals surface area contributed by atoms with Crippen molar-refractivity contribution in [1.29, 1.82) is 0 Å². The Labute approximate surface area is 147 Å². The number of alkyl carbamates (subject to hydrolysis) is 1. The number of hydrogen-bond acceptors (Lipinski definition) is 6. The van der Waals surface area contributed by atoms with Crippen LogP contribution in [0.3, 0.4) is 0 Å². The molecule has 0 aromatic heterocycles. The van der Waals surface area contributed by atoms with Crippen LogP contribution in [0.4, 0.5) is 4.79 Å². The predicted molar refractivity (Wildman–Crippen MR) is 94.3 cm³/mol. The summed E-state index contributed by atoms with van der Waals surface area (Å²) in [6.07, 6.45) is -0.636. The first-order valence-corrected chi connectivity index (χ1v) is 8.68. The summed E-state index contributed by atoms with van der Waals surface area (Å²) in [4.78, 5) is 23.6. The van der Waals surface area contributed by atoms with E-state index in [4.69, 9.17) is 14.2 Å². The van der Waals surface area contributed by atoms with Gasteiger partial charge in [0, 0.05) is 11.5 Å². The van der Waals surface area contributed by atoms with Crippen LogP contribution in [-0.2, 0) is 20.0 Å². The van der Waals surface area contributed by atoms with Gasteiger partial charge in [-0.2, -0.15) is 11.8 Å². The minimum Gasteiger partial charge on any atom is -0.497 e. The van der Waals surface area contributed by atoms with E-state index in [0.717, 1.165) is 11.3 Å². The zero-order valence-corrected chi connectivity index (χ0v) is 15.6. The van der Waals surface area contributed by atoms with Gasteiger partial charge in [0.15, 0.2) is 0 Å². The fourth-order valence-corrected chi connectivity index (χ4v) is 2.78. The average Bonchev–Trinajstić information content (AvgIpc) is 2.52. The Morgan fingerprint density at radius 1 is 1.17 bits per heavy atom. The summed E-state index contributed by atoms with van der Waals surface area (Å²) in [5.41, 5.74) is 0.475. The molecule has 1 N–H and O–H groups in total. The highest BCUT2D eigenvalue weighted by Gasteiger charge is 2.24. The van der Waals surface area contributed by atoms with Crippen molar-refractivity contribution in [2.45, 2.75) is 38.2 Å². The molecule has 24 heavy (non-hydrogen) atoms. The summed E-state index contributed by atoms with van der Waals surface area (Å²) in [6.45, 7) is 5.29. The fourth-order valence-electron chi connectivity index (χ4n) is 1.78. The molecule has 1 aromatic rings. The lowest BCUT2D eigenvalue weighted by Gasteiger charge is -2.22. The SMILES string of the molecule is COC(=O)C(CSCc1ccc(OC)cc1)NC(=O)OC(C)(C)C. The van der Waals surface area contributed by atoms with E-state index in [1.807, 2.05) is 24.3 Å². The number of nitrogens with one attached hydrogen (secondary N) is 1. The molecule has 1 amide bonds. The smallest absolute Gasteiger partial charge is 0.408 e. The van der Waals surface area contributed by atoms with Crippen molar-refractivity contribution in [3.8, 4) is 5.75 Å². The van der Waals surface area contributed by atoms with Crippen LogP contribution in [0.25, 0.3) is 0 Å². The van der Waals surface area contributed by atoms with Gasteiger partial charge in [-0.3, -0.25) is 0 Å². The summed E-state index contributed by atoms with van der Waals surface area (Å²) in [7, 11) is 2.91. The third-order valence-corrected chi connectivity index (χ3v) is 4.00. The maximum Gasteiger partial charge on any atom is 0.408 e. The number of amides is 1. The predicted octanol–water partition coefficient (Wildman–Crippen LogP) is 2.99. The standard InChI is InChI=1S/C17H25NO5S/c1-17(2,3)23-16(20)18-14(15(19)22-5)11-24-10-12-6-8-13(21-4)9-7-12/h6-9,14H,10-11H2,1-5H3,(H,18,20). The monoisotopic (exact) mass is 355 g/mol. The first-order valence-electron chi connectivity index (χ1n) is 7.53. The van der Waals surface area contributed by atoms with Crippen molar-refractivity contribution in [3.05, 3.63) is 29.8 Å². The van der Waals surface area contributed by atoms with Gasteiger partial charge < -0.3 is 19.5 Å². The summed E-state index contributed by atoms with van der Waals surface area (Å²) in [5, 5.41) is 2.55. The molecule has 0 heterocycles. The second-order valence-electron chi connectivity index (χ2n) is 6.09. The van der Waals surface area contributed by atoms with Gasteiger partial charge in [0.25, 0.3) is 0 Å². The van der Waals surface area contributed by atoms with Gasteiger partial charge in [-0.05, 0) is 38.5 Å². The zero-order valence-electron chi connectivity index (χ0n) is 14.8. The Balaban J connectivity index is 2.53. The molecule has 0 saturated heterocycles. The lowest BCUT2D eigenvalue weighted by atomic mass is 10.2. The minimum absolute atomic E-state index is 0.387. The number of carbonyl (C=O) groups is 2. The van der Waals surface area contributed by atoms with E-state index in [9.17, 15) is 9.59 Å². The minimum atomic E-state index is -0.756. The number of benzene rings is 1. The quantitative estimate of drug-likeness (QED) is 0.758. The molecule has 0 fully saturated rings. The first-order chi connectivity index (χ1) is 11.2. The van der Waals surface area contributed by atoms with Crippen molar-refractivity contribution in [1.82, 2.24) is 5.32 Å². The second kappa shape index (κ2) is 9.42. The Hall–Kier alpha value is -1.89. The van der Waals surface area contributed by atoms with E-state index in [1.54, 1.807) is 27.9 Å². The Bertz CT molecular complexity index is 539. The topological polar surface area (TPSA) is 73.9 Å². The molecule has 1 unspecified atom stereocenters. The van der Waals surface area contributed by atoms with E-state index >= 15 is 0 Å². The fraction of sp³-hybridized carbons (Fsp3) is 0.529. The van der Waals surface area contributed by atoms with Gasteiger partial charge in [-0.25, -0.2) is 9.59 Å². The first kappa shape index (κ1) is 20.2. The average molecular weight is 355 g/mol. The van der Waals surface area contributed by atoms with Crippen LogP contribution in [0, 0.1) is 0 Å². The van der Waals surface area contributed by atoms with Crippen LogP contribution in [0.1, 0.15) is 26.3 Å². The third-order valence-electron chi connectivity index (χ3n) is 2.89. The van der Waals surface area contributed by atoms with Gasteiger partial charge in [0.2, 0.25) is 0 Å². The molecule has 0 spiro atoms. The highest BCUT2D eigenvalue weighted by molar-refractivity contribution is 7.98. The van der Waals surface area contributed by atoms with Gasteiger partial charge >= 0.3 is 12.1 Å². The molecule has 0 aliphatic heterocycles. The van der Waals surface area contributed by atoms with E-state index in [1.165, 1.54) is 18.9 Å². The molecule has 7 heteroatoms. The largest absolute Gasteiger partial charge is 0.497 e. The summed E-state index contributed by atoms with van der Waals surface area (Å²) in [6, 6.07) is 6.92. The van der Waals surface area contributed by atoms with Crippen molar-refractivity contribution < 1.29 is 23.8 Å². The third kappa shape index (κ3) is 7.59. The number of hydrogen-bond donors (Lipinski definition) is 1. The number of carbonyl (C=O) groups excluding carboxylic acids is 2. The van der Waals surface area contributed by atoms with Crippen LogP contribution >= 0.6 is 11.8 Å². The molecular weight excluding hydrogens is 330 g/mol. The number of ether oxygens (including phenoxy) is 3. The molecule has 0 aliphatic rings. The second-order valence-corrected chi connectivity index (χ2v) is 7.12. The summed E-state index contributed by atoms with van der Waals surface area (Å²) >= 11 is 1.52. The highest BCUT2D eigenvalue weighted by atomic mass is 32.2. The normalized spacial score (nSPS) is 12.2. The van der Waals surface area contributed by atoms with Crippen LogP contribution < -0.4 is 10.1 Å². The molecule has 1 rings (SSSR count). The van der Waals surface area contributed by atoms with E-state index < -0.39 is 23.7 Å². The molecule has 1 aromatic carbocycles. The molecule has 0 aliphatic carbocycles. The van der Waals surface area contributed by atoms with Gasteiger partial charge in [0.1, 0.15) is 17.4 Å². The number of rotatable bonds is 7. The Morgan fingerprint density at radius 3 is 2.29 bits per heavy atom. The highest BCUT2D eigenvalue weighted by Crippen LogP contribution is 2.17. The van der Waals surface area contributed by atoms with Crippen LogP contribution in [-0.4, -0.2) is 43.7 Å². The molecular formula is C17H25NO5S. The summed E-state index contributed by atoms with van der Waals surface area (Å²) < 4.78 is 15.0. The maximum absolute atomic E-state index is 11.8. The Kier molecular flexibility index (Phi) is 7.91. The van der Waals surface area contributed by atoms with Crippen molar-refractivity contribution in [2.24, 2.45) is 0 Å². The van der Waals surface area contributed by atoms with Crippen molar-refractivity contribution in [3.63, 3.8) is 0 Å².